The zero-order valence-corrected chi connectivity index (χ0v) is 11.7. The Bertz CT molecular complexity index is 451. The largest absolute Gasteiger partial charge is 0.461 e. The second kappa shape index (κ2) is 5.12. The van der Waals surface area contributed by atoms with Gasteiger partial charge in [0.2, 0.25) is 0 Å². The maximum Gasteiger partial charge on any atom is 0.359 e. The first-order valence-electron chi connectivity index (χ1n) is 6.96. The van der Waals surface area contributed by atoms with E-state index in [-0.39, 0.29) is 5.97 Å². The number of ether oxygens (including phenoxy) is 1. The number of carbonyl (C=O) groups excluding carboxylic acids is 1. The molecule has 0 amide bonds. The number of nitrogens with zero attached hydrogens (tertiary/aromatic N) is 2. The average Bonchev–Trinajstić information content (AvgIpc) is 3.05. The van der Waals surface area contributed by atoms with Crippen LogP contribution in [0.5, 0.6) is 0 Å². The SMILES string of the molecule is CC.CCOC(=O)c1nn(C)c2c1C1CCC2C1. The van der Waals surface area contributed by atoms with Crippen LogP contribution in [0.4, 0.5) is 0 Å². The smallest absolute Gasteiger partial charge is 0.359 e. The summed E-state index contributed by atoms with van der Waals surface area (Å²) in [6.07, 6.45) is 3.66. The summed E-state index contributed by atoms with van der Waals surface area (Å²) in [7, 11) is 1.93. The van der Waals surface area contributed by atoms with Crippen molar-refractivity contribution in [1.29, 1.82) is 0 Å². The van der Waals surface area contributed by atoms with Crippen molar-refractivity contribution in [1.82, 2.24) is 9.78 Å². The van der Waals surface area contributed by atoms with Crippen molar-refractivity contribution >= 4 is 5.97 Å². The Morgan fingerprint density at radius 2 is 2.06 bits per heavy atom. The van der Waals surface area contributed by atoms with E-state index in [1.54, 1.807) is 0 Å². The topological polar surface area (TPSA) is 44.1 Å². The summed E-state index contributed by atoms with van der Waals surface area (Å²) < 4.78 is 6.94. The van der Waals surface area contributed by atoms with E-state index < -0.39 is 0 Å². The zero-order valence-electron chi connectivity index (χ0n) is 11.7. The molecule has 4 nitrogen and oxygen atoms in total. The van der Waals surface area contributed by atoms with E-state index in [0.717, 1.165) is 0 Å². The van der Waals surface area contributed by atoms with E-state index in [1.807, 2.05) is 32.5 Å². The first-order valence-corrected chi connectivity index (χ1v) is 6.96. The molecular formula is C14H22N2O2. The molecule has 0 aliphatic heterocycles. The number of aromatic nitrogens is 2. The molecule has 2 aliphatic rings. The number of aryl methyl sites for hydroxylation is 1. The van der Waals surface area contributed by atoms with Gasteiger partial charge in [-0.1, -0.05) is 13.8 Å². The van der Waals surface area contributed by atoms with E-state index in [9.17, 15) is 4.79 Å². The van der Waals surface area contributed by atoms with Crippen LogP contribution in [0.25, 0.3) is 0 Å². The molecule has 2 aliphatic carbocycles. The van der Waals surface area contributed by atoms with Gasteiger partial charge in [0, 0.05) is 24.2 Å². The van der Waals surface area contributed by atoms with Gasteiger partial charge in [0.1, 0.15) is 0 Å². The third kappa shape index (κ3) is 1.84. The normalized spacial score (nSPS) is 23.3. The van der Waals surface area contributed by atoms with Crippen molar-refractivity contribution in [2.45, 2.75) is 51.9 Å². The molecule has 1 aromatic rings. The van der Waals surface area contributed by atoms with Crippen LogP contribution in [0.1, 0.15) is 73.6 Å². The van der Waals surface area contributed by atoms with Gasteiger partial charge in [0.25, 0.3) is 0 Å². The van der Waals surface area contributed by atoms with E-state index in [2.05, 4.69) is 5.10 Å². The first-order chi connectivity index (χ1) is 8.72. The van der Waals surface area contributed by atoms with Crippen molar-refractivity contribution in [3.8, 4) is 0 Å². The molecule has 2 unspecified atom stereocenters. The Hall–Kier alpha value is -1.32. The van der Waals surface area contributed by atoms with E-state index in [4.69, 9.17) is 4.74 Å². The van der Waals surface area contributed by atoms with Crippen LogP contribution in [0.15, 0.2) is 0 Å². The summed E-state index contributed by atoms with van der Waals surface area (Å²) in [5.74, 6) is 0.917. The van der Waals surface area contributed by atoms with Gasteiger partial charge in [-0.05, 0) is 32.1 Å². The third-order valence-corrected chi connectivity index (χ3v) is 3.83. The minimum atomic E-state index is -0.258. The fraction of sp³-hybridized carbons (Fsp3) is 0.714. The fourth-order valence-corrected chi connectivity index (χ4v) is 3.28. The molecule has 2 atom stereocenters. The van der Waals surface area contributed by atoms with E-state index >= 15 is 0 Å². The van der Waals surface area contributed by atoms with Crippen molar-refractivity contribution in [2.75, 3.05) is 6.61 Å². The van der Waals surface area contributed by atoms with Crippen molar-refractivity contribution in [3.05, 3.63) is 17.0 Å². The summed E-state index contributed by atoms with van der Waals surface area (Å²) >= 11 is 0. The first kappa shape index (κ1) is 13.1. The monoisotopic (exact) mass is 250 g/mol. The van der Waals surface area contributed by atoms with Crippen LogP contribution in [-0.2, 0) is 11.8 Å². The van der Waals surface area contributed by atoms with Gasteiger partial charge in [0.05, 0.1) is 6.61 Å². The summed E-state index contributed by atoms with van der Waals surface area (Å²) in [4.78, 5) is 11.8. The molecule has 0 radical (unpaired) electrons. The van der Waals surface area contributed by atoms with Gasteiger partial charge in [-0.2, -0.15) is 5.10 Å². The lowest BCUT2D eigenvalue weighted by Gasteiger charge is -2.11. The molecule has 3 rings (SSSR count). The highest BCUT2D eigenvalue weighted by atomic mass is 16.5. The second-order valence-electron chi connectivity index (χ2n) is 4.70. The van der Waals surface area contributed by atoms with Crippen LogP contribution >= 0.6 is 0 Å². The van der Waals surface area contributed by atoms with Gasteiger partial charge in [-0.15, -0.1) is 0 Å². The number of carbonyl (C=O) groups is 1. The van der Waals surface area contributed by atoms with E-state index in [0.29, 0.717) is 24.1 Å². The van der Waals surface area contributed by atoms with Crippen molar-refractivity contribution < 1.29 is 9.53 Å². The minimum Gasteiger partial charge on any atom is -0.461 e. The third-order valence-electron chi connectivity index (χ3n) is 3.83. The predicted molar refractivity (Wildman–Crippen MR) is 69.8 cm³/mol. The summed E-state index contributed by atoms with van der Waals surface area (Å²) in [6.45, 7) is 6.24. The van der Waals surface area contributed by atoms with Crippen molar-refractivity contribution in [3.63, 3.8) is 0 Å². The van der Waals surface area contributed by atoms with Crippen LogP contribution < -0.4 is 0 Å². The molecule has 18 heavy (non-hydrogen) atoms. The Labute approximate surface area is 108 Å². The maximum atomic E-state index is 11.8. The standard InChI is InChI=1S/C12H16N2O2.C2H6/c1-3-16-12(15)10-9-7-4-5-8(6-7)11(9)14(2)13-10;1-2/h7-8H,3-6H2,1-2H3;1-2H3. The Morgan fingerprint density at radius 1 is 1.39 bits per heavy atom. The molecule has 1 heterocycles. The molecule has 1 fully saturated rings. The number of hydrogen-bond acceptors (Lipinski definition) is 3. The molecule has 0 aromatic carbocycles. The second-order valence-corrected chi connectivity index (χ2v) is 4.70. The van der Waals surface area contributed by atoms with Gasteiger partial charge >= 0.3 is 5.97 Å². The molecule has 0 spiro atoms. The minimum absolute atomic E-state index is 0.258. The van der Waals surface area contributed by atoms with Gasteiger partial charge in [-0.25, -0.2) is 4.79 Å². The molecule has 1 aromatic heterocycles. The summed E-state index contributed by atoms with van der Waals surface area (Å²) in [5, 5.41) is 4.33. The average molecular weight is 250 g/mol. The van der Waals surface area contributed by atoms with Gasteiger partial charge < -0.3 is 4.74 Å². The van der Waals surface area contributed by atoms with Crippen molar-refractivity contribution in [2.24, 2.45) is 7.05 Å². The van der Waals surface area contributed by atoms with E-state index in [1.165, 1.54) is 30.5 Å². The molecule has 100 valence electrons. The number of rotatable bonds is 2. The number of hydrogen-bond donors (Lipinski definition) is 0. The lowest BCUT2D eigenvalue weighted by atomic mass is 9.95. The highest BCUT2D eigenvalue weighted by molar-refractivity contribution is 5.90. The lowest BCUT2D eigenvalue weighted by molar-refractivity contribution is 0.0517. The lowest BCUT2D eigenvalue weighted by Crippen LogP contribution is -2.09. The number of fused-ring (bicyclic) bond motifs is 5. The number of esters is 1. The highest BCUT2D eigenvalue weighted by Crippen LogP contribution is 2.53. The molecule has 4 heteroatoms. The Kier molecular flexibility index (Phi) is 3.73. The fourth-order valence-electron chi connectivity index (χ4n) is 3.28. The maximum absolute atomic E-state index is 11.8. The predicted octanol–water partition coefficient (Wildman–Crippen LogP) is 2.99. The summed E-state index contributed by atoms with van der Waals surface area (Å²) in [6, 6.07) is 0. The Balaban J connectivity index is 0.000000574. The molecule has 2 bridgehead atoms. The highest BCUT2D eigenvalue weighted by Gasteiger charge is 2.43. The van der Waals surface area contributed by atoms with Crippen LogP contribution in [-0.4, -0.2) is 22.4 Å². The molecular weight excluding hydrogens is 228 g/mol. The van der Waals surface area contributed by atoms with Gasteiger partial charge in [-0.3, -0.25) is 4.68 Å². The van der Waals surface area contributed by atoms with Crippen LogP contribution in [0.2, 0.25) is 0 Å². The molecule has 0 N–H and O–H groups in total. The quantitative estimate of drug-likeness (QED) is 0.758. The zero-order chi connectivity index (χ0) is 13.3. The summed E-state index contributed by atoms with van der Waals surface area (Å²) in [5.41, 5.74) is 3.02. The van der Waals surface area contributed by atoms with Crippen LogP contribution in [0.3, 0.4) is 0 Å². The Morgan fingerprint density at radius 3 is 2.72 bits per heavy atom. The molecule has 0 saturated heterocycles. The molecule has 1 saturated carbocycles. The van der Waals surface area contributed by atoms with Gasteiger partial charge in [0.15, 0.2) is 5.69 Å². The van der Waals surface area contributed by atoms with Crippen LogP contribution in [0, 0.1) is 0 Å².